The number of aliphatic hydroxyl groups is 1. The highest BCUT2D eigenvalue weighted by Crippen LogP contribution is 2.16. The van der Waals surface area contributed by atoms with Crippen molar-refractivity contribution in [2.45, 2.75) is 6.54 Å². The maximum atomic E-state index is 13.2. The molecule has 92 valence electrons. The van der Waals surface area contributed by atoms with Gasteiger partial charge in [-0.3, -0.25) is 0 Å². The van der Waals surface area contributed by atoms with Crippen molar-refractivity contribution >= 4 is 10.9 Å². The summed E-state index contributed by atoms with van der Waals surface area (Å²) in [5, 5.41) is 9.86. The number of rotatable bonds is 5. The third-order valence-electron chi connectivity index (χ3n) is 2.94. The number of aliphatic hydroxyl groups excluding tert-OH is 1. The van der Waals surface area contributed by atoms with E-state index in [2.05, 4.69) is 0 Å². The van der Waals surface area contributed by atoms with Gasteiger partial charge in [-0.2, -0.15) is 0 Å². The lowest BCUT2D eigenvalue weighted by Crippen LogP contribution is -2.26. The summed E-state index contributed by atoms with van der Waals surface area (Å²) in [7, 11) is 1.96. The average molecular weight is 236 g/mol. The van der Waals surface area contributed by atoms with Crippen LogP contribution in [0.4, 0.5) is 4.39 Å². The number of likely N-dealkylation sites (N-methyl/N-ethyl adjacent to an activating group) is 1. The lowest BCUT2D eigenvalue weighted by molar-refractivity contribution is 0.218. The first-order valence-corrected chi connectivity index (χ1v) is 5.74. The number of nitrogens with zero attached hydrogens (tertiary/aromatic N) is 2. The van der Waals surface area contributed by atoms with Crippen molar-refractivity contribution in [3.8, 4) is 0 Å². The van der Waals surface area contributed by atoms with Gasteiger partial charge < -0.3 is 14.6 Å². The molecule has 1 heterocycles. The molecule has 0 spiro atoms. The average Bonchev–Trinajstić information content (AvgIpc) is 2.69. The summed E-state index contributed by atoms with van der Waals surface area (Å²) in [5.41, 5.74) is 0.919. The predicted octanol–water partition coefficient (Wildman–Crippen LogP) is 1.70. The van der Waals surface area contributed by atoms with Crippen molar-refractivity contribution in [1.29, 1.82) is 0 Å². The van der Waals surface area contributed by atoms with Crippen molar-refractivity contribution < 1.29 is 9.50 Å². The molecule has 0 saturated carbocycles. The lowest BCUT2D eigenvalue weighted by atomic mass is 10.2. The maximum Gasteiger partial charge on any atom is 0.125 e. The van der Waals surface area contributed by atoms with Crippen LogP contribution < -0.4 is 0 Å². The second-order valence-electron chi connectivity index (χ2n) is 4.24. The molecule has 0 aliphatic rings. The Kier molecular flexibility index (Phi) is 3.76. The van der Waals surface area contributed by atoms with E-state index in [1.54, 1.807) is 12.1 Å². The molecule has 2 rings (SSSR count). The smallest absolute Gasteiger partial charge is 0.125 e. The molecule has 17 heavy (non-hydrogen) atoms. The third-order valence-corrected chi connectivity index (χ3v) is 2.94. The van der Waals surface area contributed by atoms with Crippen LogP contribution in [0.1, 0.15) is 0 Å². The van der Waals surface area contributed by atoms with Crippen LogP contribution in [0, 0.1) is 5.82 Å². The minimum atomic E-state index is -0.207. The highest BCUT2D eigenvalue weighted by Gasteiger charge is 2.03. The van der Waals surface area contributed by atoms with E-state index >= 15 is 0 Å². The molecular formula is C13H17FN2O. The molecule has 0 unspecified atom stereocenters. The fraction of sp³-hybridized carbons (Fsp3) is 0.385. The summed E-state index contributed by atoms with van der Waals surface area (Å²) in [6.07, 6.45) is 1.97. The summed E-state index contributed by atoms with van der Waals surface area (Å²) in [5.74, 6) is -0.207. The van der Waals surface area contributed by atoms with Crippen molar-refractivity contribution in [2.24, 2.45) is 0 Å². The first-order valence-electron chi connectivity index (χ1n) is 5.74. The van der Waals surface area contributed by atoms with Gasteiger partial charge in [0.1, 0.15) is 5.82 Å². The van der Waals surface area contributed by atoms with Gasteiger partial charge in [0.05, 0.1) is 12.1 Å². The van der Waals surface area contributed by atoms with E-state index in [-0.39, 0.29) is 12.4 Å². The number of halogens is 1. The first kappa shape index (κ1) is 12.1. The highest BCUT2D eigenvalue weighted by atomic mass is 19.1. The maximum absolute atomic E-state index is 13.2. The van der Waals surface area contributed by atoms with Gasteiger partial charge in [-0.1, -0.05) is 0 Å². The molecule has 0 aliphatic carbocycles. The van der Waals surface area contributed by atoms with Gasteiger partial charge in [-0.05, 0) is 36.7 Å². The fourth-order valence-electron chi connectivity index (χ4n) is 1.91. The number of benzene rings is 1. The Morgan fingerprint density at radius 3 is 2.88 bits per heavy atom. The van der Waals surface area contributed by atoms with Gasteiger partial charge in [-0.15, -0.1) is 0 Å². The molecule has 1 N–H and O–H groups in total. The minimum Gasteiger partial charge on any atom is -0.395 e. The van der Waals surface area contributed by atoms with Crippen LogP contribution in [0.5, 0.6) is 0 Å². The van der Waals surface area contributed by atoms with Crippen LogP contribution in [0.3, 0.4) is 0 Å². The van der Waals surface area contributed by atoms with Crippen LogP contribution in [-0.4, -0.2) is 41.3 Å². The van der Waals surface area contributed by atoms with Crippen molar-refractivity contribution in [3.63, 3.8) is 0 Å². The summed E-state index contributed by atoms with van der Waals surface area (Å²) in [4.78, 5) is 2.05. The Balaban J connectivity index is 2.10. The molecule has 0 bridgehead atoms. The van der Waals surface area contributed by atoms with Crippen molar-refractivity contribution in [1.82, 2.24) is 9.47 Å². The monoisotopic (exact) mass is 236 g/mol. The van der Waals surface area contributed by atoms with E-state index in [0.29, 0.717) is 6.54 Å². The second-order valence-corrected chi connectivity index (χ2v) is 4.24. The molecule has 2 aromatic rings. The van der Waals surface area contributed by atoms with Crippen LogP contribution >= 0.6 is 0 Å². The Hall–Kier alpha value is -1.39. The largest absolute Gasteiger partial charge is 0.395 e. The predicted molar refractivity (Wildman–Crippen MR) is 66.5 cm³/mol. The Labute approximate surface area is 100 Å². The zero-order valence-corrected chi connectivity index (χ0v) is 9.93. The zero-order chi connectivity index (χ0) is 12.3. The van der Waals surface area contributed by atoms with Gasteiger partial charge in [0.15, 0.2) is 0 Å². The van der Waals surface area contributed by atoms with E-state index in [0.717, 1.165) is 24.0 Å². The molecule has 0 saturated heterocycles. The van der Waals surface area contributed by atoms with E-state index in [1.807, 2.05) is 28.8 Å². The molecule has 3 nitrogen and oxygen atoms in total. The molecule has 0 radical (unpaired) electrons. The highest BCUT2D eigenvalue weighted by molar-refractivity contribution is 5.80. The first-order chi connectivity index (χ1) is 8.20. The van der Waals surface area contributed by atoms with Gasteiger partial charge in [-0.25, -0.2) is 4.39 Å². The summed E-state index contributed by atoms with van der Waals surface area (Å²) in [6, 6.07) is 6.81. The normalized spacial score (nSPS) is 11.5. The summed E-state index contributed by atoms with van der Waals surface area (Å²) < 4.78 is 15.2. The summed E-state index contributed by atoms with van der Waals surface area (Å²) in [6.45, 7) is 2.45. The number of hydrogen-bond donors (Lipinski definition) is 1. The summed E-state index contributed by atoms with van der Waals surface area (Å²) >= 11 is 0. The number of fused-ring (bicyclic) bond motifs is 1. The SMILES string of the molecule is CN(CCO)CCn1ccc2ccc(F)cc21. The quantitative estimate of drug-likeness (QED) is 0.856. The topological polar surface area (TPSA) is 28.4 Å². The molecule has 0 fully saturated rings. The van der Waals surface area contributed by atoms with Crippen LogP contribution in [0.15, 0.2) is 30.5 Å². The van der Waals surface area contributed by atoms with E-state index in [4.69, 9.17) is 5.11 Å². The molecule has 0 amide bonds. The van der Waals surface area contributed by atoms with Gasteiger partial charge in [0.2, 0.25) is 0 Å². The van der Waals surface area contributed by atoms with Crippen LogP contribution in [-0.2, 0) is 6.54 Å². The van der Waals surface area contributed by atoms with E-state index in [9.17, 15) is 4.39 Å². The zero-order valence-electron chi connectivity index (χ0n) is 9.93. The Morgan fingerprint density at radius 1 is 1.29 bits per heavy atom. The van der Waals surface area contributed by atoms with Crippen molar-refractivity contribution in [2.75, 3.05) is 26.7 Å². The Bertz CT molecular complexity index is 495. The molecule has 4 heteroatoms. The standard InChI is InChI=1S/C13H17FN2O/c1-15(8-9-17)6-7-16-5-4-11-2-3-12(14)10-13(11)16/h2-5,10,17H,6-9H2,1H3. The van der Waals surface area contributed by atoms with E-state index < -0.39 is 0 Å². The molecule has 0 aliphatic heterocycles. The van der Waals surface area contributed by atoms with Gasteiger partial charge >= 0.3 is 0 Å². The van der Waals surface area contributed by atoms with Crippen molar-refractivity contribution in [3.05, 3.63) is 36.3 Å². The Morgan fingerprint density at radius 2 is 2.12 bits per heavy atom. The van der Waals surface area contributed by atoms with E-state index in [1.165, 1.54) is 6.07 Å². The third kappa shape index (κ3) is 2.84. The lowest BCUT2D eigenvalue weighted by Gasteiger charge is -2.15. The molecule has 1 aromatic heterocycles. The number of aromatic nitrogens is 1. The van der Waals surface area contributed by atoms with Crippen LogP contribution in [0.2, 0.25) is 0 Å². The molecule has 1 aromatic carbocycles. The molecular weight excluding hydrogens is 219 g/mol. The fourth-order valence-corrected chi connectivity index (χ4v) is 1.91. The number of hydrogen-bond acceptors (Lipinski definition) is 2. The van der Waals surface area contributed by atoms with Gasteiger partial charge in [0, 0.05) is 25.8 Å². The second kappa shape index (κ2) is 5.29. The minimum absolute atomic E-state index is 0.164. The van der Waals surface area contributed by atoms with Crippen LogP contribution in [0.25, 0.3) is 10.9 Å². The van der Waals surface area contributed by atoms with Gasteiger partial charge in [0.25, 0.3) is 0 Å². The molecule has 0 atom stereocenters.